The largest absolute Gasteiger partial charge is 0.466 e. The molecular weight excluding hydrogens is 1100 g/mol. The number of allylic oxidation sites excluding steroid dienone is 13. The standard InChI is InChI=1S/C77H137NO10/c1-3-5-7-9-11-13-15-17-41-45-49-53-57-61-65-73(82)86-66-62-58-54-50-46-42-38-36-34-32-30-28-26-24-22-20-18-19-21-23-25-27-29-31-33-35-37-40-44-48-52-56-60-64-72(81)78-69(68-87-77-76(85)75(84)74(83)71(67-79)88-77)70(80)63-59-55-51-47-43-39-16-14-12-10-8-6-4-2/h9,11-12,14-15,17,22,24,28,30,43,47,59,63,69-71,74-77,79-80,83-85H,3-8,10,13,16,18-21,23,25-27,29,31-42,44-46,48-58,60-62,64-68H2,1-2H3,(H,78,81)/b11-9-,14-12+,17-15-,24-22-,30-28-,47-43+,63-59+. The minimum Gasteiger partial charge on any atom is -0.466 e. The van der Waals surface area contributed by atoms with Gasteiger partial charge in [0, 0.05) is 12.8 Å². The second-order valence-corrected chi connectivity index (χ2v) is 25.3. The molecule has 11 heteroatoms. The van der Waals surface area contributed by atoms with Crippen molar-refractivity contribution in [3.05, 3.63) is 85.1 Å². The Morgan fingerprint density at radius 1 is 0.420 bits per heavy atom. The van der Waals surface area contributed by atoms with Gasteiger partial charge in [0.25, 0.3) is 0 Å². The third kappa shape index (κ3) is 53.5. The molecule has 0 radical (unpaired) electrons. The molecule has 510 valence electrons. The zero-order chi connectivity index (χ0) is 63.7. The van der Waals surface area contributed by atoms with E-state index in [9.17, 15) is 35.1 Å². The number of aliphatic hydroxyl groups is 5. The van der Waals surface area contributed by atoms with Crippen LogP contribution in [0.25, 0.3) is 0 Å². The summed E-state index contributed by atoms with van der Waals surface area (Å²) in [5.41, 5.74) is 0. The highest BCUT2D eigenvalue weighted by Crippen LogP contribution is 2.23. The highest BCUT2D eigenvalue weighted by atomic mass is 16.7. The van der Waals surface area contributed by atoms with Crippen LogP contribution in [-0.4, -0.2) is 100 Å². The van der Waals surface area contributed by atoms with Crippen LogP contribution >= 0.6 is 0 Å². The van der Waals surface area contributed by atoms with Crippen LogP contribution < -0.4 is 5.32 Å². The molecule has 11 nitrogen and oxygen atoms in total. The Hall–Kier alpha value is -3.16. The van der Waals surface area contributed by atoms with Crippen LogP contribution in [-0.2, 0) is 23.8 Å². The topological polar surface area (TPSA) is 175 Å². The molecule has 0 saturated carbocycles. The number of esters is 1. The number of carbonyl (C=O) groups is 2. The molecule has 1 aliphatic rings. The molecule has 1 amide bonds. The average Bonchev–Trinajstić information content (AvgIpc) is 3.19. The van der Waals surface area contributed by atoms with Gasteiger partial charge in [-0.05, 0) is 116 Å². The molecule has 0 aromatic heterocycles. The number of nitrogens with one attached hydrogen (secondary N) is 1. The van der Waals surface area contributed by atoms with E-state index < -0.39 is 49.5 Å². The quantitative estimate of drug-likeness (QED) is 0.0195. The van der Waals surface area contributed by atoms with Crippen molar-refractivity contribution in [2.24, 2.45) is 0 Å². The van der Waals surface area contributed by atoms with Crippen LogP contribution in [0.1, 0.15) is 328 Å². The summed E-state index contributed by atoms with van der Waals surface area (Å²) < 4.78 is 16.7. The summed E-state index contributed by atoms with van der Waals surface area (Å²) in [6.45, 7) is 4.26. The normalized spacial score (nSPS) is 18.3. The summed E-state index contributed by atoms with van der Waals surface area (Å²) in [4.78, 5) is 25.1. The van der Waals surface area contributed by atoms with Crippen LogP contribution in [0, 0.1) is 0 Å². The number of hydrogen-bond acceptors (Lipinski definition) is 10. The van der Waals surface area contributed by atoms with Gasteiger partial charge in [-0.1, -0.05) is 285 Å². The van der Waals surface area contributed by atoms with Crippen LogP contribution in [0.2, 0.25) is 0 Å². The van der Waals surface area contributed by atoms with Crippen molar-refractivity contribution < 1.29 is 49.3 Å². The zero-order valence-corrected chi connectivity index (χ0v) is 56.7. The summed E-state index contributed by atoms with van der Waals surface area (Å²) in [6, 6.07) is -0.835. The zero-order valence-electron chi connectivity index (χ0n) is 56.7. The van der Waals surface area contributed by atoms with Gasteiger partial charge in [0.2, 0.25) is 5.91 Å². The number of hydrogen-bond donors (Lipinski definition) is 6. The molecule has 0 aromatic carbocycles. The van der Waals surface area contributed by atoms with Crippen molar-refractivity contribution >= 4 is 11.9 Å². The van der Waals surface area contributed by atoms with E-state index in [1.807, 2.05) is 6.08 Å². The van der Waals surface area contributed by atoms with E-state index >= 15 is 0 Å². The predicted octanol–water partition coefficient (Wildman–Crippen LogP) is 19.2. The maximum atomic E-state index is 13.1. The molecule has 1 heterocycles. The monoisotopic (exact) mass is 1240 g/mol. The fourth-order valence-electron chi connectivity index (χ4n) is 11.1. The highest BCUT2D eigenvalue weighted by Gasteiger charge is 2.44. The SMILES string of the molecule is CCCC/C=C\C/C=C\CCCCCCCC(=O)OCCCCCCCCCCC/C=C\C/C=C\CCCCCCCCCCCCCCCCCCCC(=O)NC(COC1OC(CO)C(O)C(O)C1O)C(O)/C=C/CC/C=C/CC/C=C/CCCCC. The molecule has 1 rings (SSSR count). The summed E-state index contributed by atoms with van der Waals surface area (Å²) in [5.74, 6) is -0.204. The number of amides is 1. The van der Waals surface area contributed by atoms with E-state index in [2.05, 4.69) is 92.1 Å². The lowest BCUT2D eigenvalue weighted by Crippen LogP contribution is -2.60. The predicted molar refractivity (Wildman–Crippen MR) is 370 cm³/mol. The first-order valence-electron chi connectivity index (χ1n) is 36.9. The van der Waals surface area contributed by atoms with Crippen LogP contribution in [0.3, 0.4) is 0 Å². The molecule has 88 heavy (non-hydrogen) atoms. The Balaban J connectivity index is 1.96. The second kappa shape index (κ2) is 65.3. The number of unbranched alkanes of at least 4 members (excludes halogenated alkanes) is 38. The van der Waals surface area contributed by atoms with Crippen molar-refractivity contribution in [1.29, 1.82) is 0 Å². The summed E-state index contributed by atoms with van der Waals surface area (Å²) >= 11 is 0. The molecule has 0 aliphatic carbocycles. The smallest absolute Gasteiger partial charge is 0.305 e. The molecule has 7 unspecified atom stereocenters. The Labute approximate surface area is 540 Å². The molecule has 0 aromatic rings. The molecule has 1 fully saturated rings. The number of ether oxygens (including phenoxy) is 3. The maximum absolute atomic E-state index is 13.1. The van der Waals surface area contributed by atoms with Gasteiger partial charge < -0.3 is 45.1 Å². The lowest BCUT2D eigenvalue weighted by atomic mass is 9.99. The van der Waals surface area contributed by atoms with Gasteiger partial charge in [0.1, 0.15) is 24.4 Å². The van der Waals surface area contributed by atoms with Crippen LogP contribution in [0.5, 0.6) is 0 Å². The molecule has 1 saturated heterocycles. The van der Waals surface area contributed by atoms with Gasteiger partial charge in [-0.2, -0.15) is 0 Å². The van der Waals surface area contributed by atoms with E-state index in [1.165, 1.54) is 218 Å². The molecule has 1 aliphatic heterocycles. The third-order valence-electron chi connectivity index (χ3n) is 16.9. The van der Waals surface area contributed by atoms with Crippen molar-refractivity contribution in [3.63, 3.8) is 0 Å². The van der Waals surface area contributed by atoms with Gasteiger partial charge in [0.05, 0.1) is 32.0 Å². The summed E-state index contributed by atoms with van der Waals surface area (Å²) in [5, 5.41) is 54.5. The molecule has 6 N–H and O–H groups in total. The highest BCUT2D eigenvalue weighted by molar-refractivity contribution is 5.76. The first-order valence-corrected chi connectivity index (χ1v) is 36.9. The first kappa shape index (κ1) is 82.9. The number of carbonyl (C=O) groups excluding carboxylic acids is 2. The van der Waals surface area contributed by atoms with Gasteiger partial charge >= 0.3 is 5.97 Å². The lowest BCUT2D eigenvalue weighted by molar-refractivity contribution is -0.302. The minimum atomic E-state index is -1.58. The van der Waals surface area contributed by atoms with Crippen molar-refractivity contribution in [2.75, 3.05) is 19.8 Å². The Bertz CT molecular complexity index is 1740. The molecule has 0 spiro atoms. The van der Waals surface area contributed by atoms with E-state index in [4.69, 9.17) is 14.2 Å². The van der Waals surface area contributed by atoms with E-state index in [1.54, 1.807) is 6.08 Å². The maximum Gasteiger partial charge on any atom is 0.305 e. The van der Waals surface area contributed by atoms with Crippen LogP contribution in [0.4, 0.5) is 0 Å². The third-order valence-corrected chi connectivity index (χ3v) is 16.9. The molecular formula is C77H137NO10. The minimum absolute atomic E-state index is 0.00872. The fourth-order valence-corrected chi connectivity index (χ4v) is 11.1. The average molecular weight is 1240 g/mol. The van der Waals surface area contributed by atoms with Gasteiger partial charge in [-0.15, -0.1) is 0 Å². The van der Waals surface area contributed by atoms with E-state index in [0.29, 0.717) is 19.4 Å². The van der Waals surface area contributed by atoms with E-state index in [0.717, 1.165) is 83.5 Å². The lowest BCUT2D eigenvalue weighted by Gasteiger charge is -2.40. The molecule has 0 bridgehead atoms. The summed E-state index contributed by atoms with van der Waals surface area (Å²) in [6.07, 6.45) is 80.1. The molecule has 7 atom stereocenters. The first-order chi connectivity index (χ1) is 43.2. The second-order valence-electron chi connectivity index (χ2n) is 25.3. The van der Waals surface area contributed by atoms with E-state index in [-0.39, 0.29) is 18.5 Å². The van der Waals surface area contributed by atoms with Crippen LogP contribution in [0.15, 0.2) is 85.1 Å². The Morgan fingerprint density at radius 3 is 1.23 bits per heavy atom. The Kier molecular flexibility index (Phi) is 61.5. The van der Waals surface area contributed by atoms with Crippen molar-refractivity contribution in [2.45, 2.75) is 371 Å². The fraction of sp³-hybridized carbons (Fsp3) is 0.792. The van der Waals surface area contributed by atoms with Gasteiger partial charge in [-0.25, -0.2) is 0 Å². The number of aliphatic hydroxyl groups excluding tert-OH is 5. The van der Waals surface area contributed by atoms with Gasteiger partial charge in [0.15, 0.2) is 6.29 Å². The number of rotatable bonds is 64. The summed E-state index contributed by atoms with van der Waals surface area (Å²) in [7, 11) is 0. The van der Waals surface area contributed by atoms with Gasteiger partial charge in [-0.3, -0.25) is 9.59 Å². The van der Waals surface area contributed by atoms with Crippen molar-refractivity contribution in [3.8, 4) is 0 Å². The van der Waals surface area contributed by atoms with Crippen molar-refractivity contribution in [1.82, 2.24) is 5.32 Å². The Morgan fingerprint density at radius 2 is 0.784 bits per heavy atom.